The van der Waals surface area contributed by atoms with Gasteiger partial charge in [-0.25, -0.2) is 4.68 Å². The fourth-order valence-corrected chi connectivity index (χ4v) is 1.42. The standard InChI is InChI=1S/C13H11ClN2/c14-9-5-4-6-12-10-15-16(11-12)13-7-2-1-3-8-13/h1-3,7-8,10-11H,5,9H2. The molecule has 0 saturated carbocycles. The van der Waals surface area contributed by atoms with Crippen molar-refractivity contribution in [2.24, 2.45) is 0 Å². The number of nitrogens with zero attached hydrogens (tertiary/aromatic N) is 2. The zero-order chi connectivity index (χ0) is 11.2. The van der Waals surface area contributed by atoms with Crippen molar-refractivity contribution in [3.05, 3.63) is 48.3 Å². The van der Waals surface area contributed by atoms with Crippen LogP contribution in [0.25, 0.3) is 5.69 Å². The van der Waals surface area contributed by atoms with Crippen LogP contribution in [0.15, 0.2) is 42.7 Å². The molecule has 0 amide bonds. The maximum absolute atomic E-state index is 5.55. The molecular weight excluding hydrogens is 220 g/mol. The number of alkyl halides is 1. The molecule has 0 saturated heterocycles. The highest BCUT2D eigenvalue weighted by atomic mass is 35.5. The van der Waals surface area contributed by atoms with Crippen LogP contribution in [0.1, 0.15) is 12.0 Å². The Morgan fingerprint density at radius 1 is 1.25 bits per heavy atom. The van der Waals surface area contributed by atoms with Crippen LogP contribution in [0, 0.1) is 11.8 Å². The van der Waals surface area contributed by atoms with Crippen molar-refractivity contribution in [1.82, 2.24) is 9.78 Å². The van der Waals surface area contributed by atoms with Gasteiger partial charge in [0.1, 0.15) is 0 Å². The number of hydrogen-bond acceptors (Lipinski definition) is 1. The van der Waals surface area contributed by atoms with Crippen molar-refractivity contribution in [2.75, 3.05) is 5.88 Å². The Morgan fingerprint density at radius 2 is 2.06 bits per heavy atom. The van der Waals surface area contributed by atoms with E-state index < -0.39 is 0 Å². The van der Waals surface area contributed by atoms with Crippen LogP contribution >= 0.6 is 11.6 Å². The van der Waals surface area contributed by atoms with E-state index in [9.17, 15) is 0 Å². The molecule has 0 N–H and O–H groups in total. The number of rotatable bonds is 2. The van der Waals surface area contributed by atoms with Crippen molar-refractivity contribution < 1.29 is 0 Å². The zero-order valence-electron chi connectivity index (χ0n) is 8.73. The van der Waals surface area contributed by atoms with Gasteiger partial charge in [0.25, 0.3) is 0 Å². The van der Waals surface area contributed by atoms with Gasteiger partial charge in [-0.15, -0.1) is 11.6 Å². The van der Waals surface area contributed by atoms with Crippen LogP contribution < -0.4 is 0 Å². The van der Waals surface area contributed by atoms with Crippen molar-refractivity contribution in [3.63, 3.8) is 0 Å². The minimum atomic E-state index is 0.569. The van der Waals surface area contributed by atoms with Gasteiger partial charge in [-0.3, -0.25) is 0 Å². The summed E-state index contributed by atoms with van der Waals surface area (Å²) in [5.74, 6) is 6.57. The van der Waals surface area contributed by atoms with Gasteiger partial charge in [-0.1, -0.05) is 30.0 Å². The Bertz CT molecular complexity index is 505. The molecule has 1 heterocycles. The zero-order valence-corrected chi connectivity index (χ0v) is 9.48. The predicted octanol–water partition coefficient (Wildman–Crippen LogP) is 2.85. The molecule has 2 rings (SSSR count). The van der Waals surface area contributed by atoms with E-state index in [0.717, 1.165) is 11.3 Å². The summed E-state index contributed by atoms with van der Waals surface area (Å²) >= 11 is 5.55. The third-order valence-corrected chi connectivity index (χ3v) is 2.24. The minimum Gasteiger partial charge on any atom is -0.240 e. The first-order chi connectivity index (χ1) is 7.90. The summed E-state index contributed by atoms with van der Waals surface area (Å²) in [7, 11) is 0. The highest BCUT2D eigenvalue weighted by Crippen LogP contribution is 2.06. The topological polar surface area (TPSA) is 17.8 Å². The lowest BCUT2D eigenvalue weighted by molar-refractivity contribution is 0.880. The van der Waals surface area contributed by atoms with Crippen molar-refractivity contribution in [2.45, 2.75) is 6.42 Å². The van der Waals surface area contributed by atoms with Gasteiger partial charge in [0.05, 0.1) is 17.4 Å². The van der Waals surface area contributed by atoms with Gasteiger partial charge in [-0.05, 0) is 12.1 Å². The van der Waals surface area contributed by atoms with Crippen molar-refractivity contribution in [1.29, 1.82) is 0 Å². The smallest absolute Gasteiger partial charge is 0.0651 e. The van der Waals surface area contributed by atoms with Crippen LogP contribution in [0.4, 0.5) is 0 Å². The Kier molecular flexibility index (Phi) is 3.63. The number of benzene rings is 1. The highest BCUT2D eigenvalue weighted by molar-refractivity contribution is 6.18. The van der Waals surface area contributed by atoms with Gasteiger partial charge >= 0.3 is 0 Å². The minimum absolute atomic E-state index is 0.569. The Labute approximate surface area is 99.9 Å². The third-order valence-electron chi connectivity index (χ3n) is 2.06. The van der Waals surface area contributed by atoms with Crippen LogP contribution in [0.3, 0.4) is 0 Å². The lowest BCUT2D eigenvalue weighted by Gasteiger charge is -1.98. The molecule has 0 unspecified atom stereocenters. The molecule has 0 bridgehead atoms. The Balaban J connectivity index is 2.18. The van der Waals surface area contributed by atoms with Crippen LogP contribution in [0.5, 0.6) is 0 Å². The largest absolute Gasteiger partial charge is 0.240 e. The third kappa shape index (κ3) is 2.65. The summed E-state index contributed by atoms with van der Waals surface area (Å²) in [5, 5.41) is 4.25. The lowest BCUT2D eigenvalue weighted by Crippen LogP contribution is -1.92. The summed E-state index contributed by atoms with van der Waals surface area (Å²) in [6.45, 7) is 0. The maximum atomic E-state index is 5.55. The molecule has 0 spiro atoms. The van der Waals surface area contributed by atoms with E-state index in [-0.39, 0.29) is 0 Å². The average molecular weight is 231 g/mol. The lowest BCUT2D eigenvalue weighted by atomic mass is 10.3. The molecule has 0 fully saturated rings. The van der Waals surface area contributed by atoms with E-state index in [0.29, 0.717) is 12.3 Å². The van der Waals surface area contributed by atoms with Crippen LogP contribution in [-0.4, -0.2) is 15.7 Å². The second-order valence-corrected chi connectivity index (χ2v) is 3.63. The van der Waals surface area contributed by atoms with Gasteiger partial charge in [0.15, 0.2) is 0 Å². The Morgan fingerprint density at radius 3 is 2.81 bits per heavy atom. The van der Waals surface area contributed by atoms with E-state index in [1.165, 1.54) is 0 Å². The molecule has 1 aromatic heterocycles. The molecule has 0 aliphatic rings. The summed E-state index contributed by atoms with van der Waals surface area (Å²) in [6.07, 6.45) is 4.38. The van der Waals surface area contributed by atoms with E-state index in [1.807, 2.05) is 41.2 Å². The fraction of sp³-hybridized carbons (Fsp3) is 0.154. The quantitative estimate of drug-likeness (QED) is 0.573. The molecule has 16 heavy (non-hydrogen) atoms. The van der Waals surface area contributed by atoms with Crippen LogP contribution in [-0.2, 0) is 0 Å². The first kappa shape index (κ1) is 10.8. The Hall–Kier alpha value is -1.72. The van der Waals surface area contributed by atoms with E-state index in [1.54, 1.807) is 6.20 Å². The summed E-state index contributed by atoms with van der Waals surface area (Å²) < 4.78 is 1.81. The molecule has 0 aliphatic heterocycles. The number of halogens is 1. The molecule has 80 valence electrons. The fourth-order valence-electron chi connectivity index (χ4n) is 1.32. The SMILES string of the molecule is ClCCC#Cc1cnn(-c2ccccc2)c1. The highest BCUT2D eigenvalue weighted by Gasteiger charge is 1.96. The normalized spacial score (nSPS) is 9.56. The first-order valence-electron chi connectivity index (χ1n) is 5.05. The first-order valence-corrected chi connectivity index (χ1v) is 5.58. The average Bonchev–Trinajstić information content (AvgIpc) is 2.79. The number of para-hydroxylation sites is 1. The molecule has 0 aliphatic carbocycles. The van der Waals surface area contributed by atoms with Gasteiger partial charge in [0.2, 0.25) is 0 Å². The van der Waals surface area contributed by atoms with Crippen molar-refractivity contribution >= 4 is 11.6 Å². The monoisotopic (exact) mass is 230 g/mol. The molecule has 1 aromatic carbocycles. The van der Waals surface area contributed by atoms with Crippen LogP contribution in [0.2, 0.25) is 0 Å². The summed E-state index contributed by atoms with van der Waals surface area (Å²) in [6, 6.07) is 9.95. The predicted molar refractivity (Wildman–Crippen MR) is 65.8 cm³/mol. The van der Waals surface area contributed by atoms with E-state index in [4.69, 9.17) is 11.6 Å². The van der Waals surface area contributed by atoms with Crippen molar-refractivity contribution in [3.8, 4) is 17.5 Å². The molecule has 2 aromatic rings. The molecular formula is C13H11ClN2. The second-order valence-electron chi connectivity index (χ2n) is 3.25. The van der Waals surface area contributed by atoms with E-state index in [2.05, 4.69) is 16.9 Å². The van der Waals surface area contributed by atoms with Gasteiger partial charge in [0, 0.05) is 18.5 Å². The van der Waals surface area contributed by atoms with Gasteiger partial charge < -0.3 is 0 Å². The summed E-state index contributed by atoms with van der Waals surface area (Å²) in [5.41, 5.74) is 1.95. The molecule has 0 atom stereocenters. The van der Waals surface area contributed by atoms with Gasteiger partial charge in [-0.2, -0.15) is 5.10 Å². The maximum Gasteiger partial charge on any atom is 0.0651 e. The summed E-state index contributed by atoms with van der Waals surface area (Å²) in [4.78, 5) is 0. The second kappa shape index (κ2) is 5.39. The molecule has 2 nitrogen and oxygen atoms in total. The van der Waals surface area contributed by atoms with E-state index >= 15 is 0 Å². The number of hydrogen-bond donors (Lipinski definition) is 0. The number of aromatic nitrogens is 2. The molecule has 3 heteroatoms. The molecule has 0 radical (unpaired) electrons.